The summed E-state index contributed by atoms with van der Waals surface area (Å²) in [6.45, 7) is 2.47. The smallest absolute Gasteiger partial charge is 0.246 e. The van der Waals surface area contributed by atoms with Gasteiger partial charge in [0.2, 0.25) is 10.0 Å². The van der Waals surface area contributed by atoms with Gasteiger partial charge in [-0.2, -0.15) is 4.31 Å². The molecule has 1 saturated heterocycles. The van der Waals surface area contributed by atoms with Crippen molar-refractivity contribution < 1.29 is 13.2 Å². The van der Waals surface area contributed by atoms with Crippen LogP contribution in [0.1, 0.15) is 12.1 Å². The van der Waals surface area contributed by atoms with Crippen LogP contribution in [0.4, 0.5) is 5.82 Å². The lowest BCUT2D eigenvalue weighted by molar-refractivity contribution is 0.214. The van der Waals surface area contributed by atoms with Crippen LogP contribution in [0, 0.1) is 6.92 Å². The lowest BCUT2D eigenvalue weighted by Crippen LogP contribution is -2.31. The highest BCUT2D eigenvalue weighted by Crippen LogP contribution is 2.27. The first-order valence-corrected chi connectivity index (χ1v) is 9.18. The SMILES string of the molecule is Cc1ccc(OC2CCN(S(=O)(=O)c3cc(Cl)cnc3N)C2)cn1. The number of ether oxygens (including phenoxy) is 1. The Kier molecular flexibility index (Phi) is 4.62. The number of rotatable bonds is 4. The van der Waals surface area contributed by atoms with Crippen molar-refractivity contribution in [1.29, 1.82) is 0 Å². The fourth-order valence-corrected chi connectivity index (χ4v) is 4.31. The number of aromatic nitrogens is 2. The number of nitrogens with zero attached hydrogens (tertiary/aromatic N) is 3. The average molecular weight is 369 g/mol. The molecule has 1 atom stereocenters. The molecule has 2 aromatic rings. The molecule has 1 aliphatic heterocycles. The van der Waals surface area contributed by atoms with Crippen molar-refractivity contribution in [3.8, 4) is 5.75 Å². The molecule has 2 aromatic heterocycles. The van der Waals surface area contributed by atoms with Crippen LogP contribution >= 0.6 is 11.6 Å². The molecule has 1 aliphatic rings. The molecule has 3 rings (SSSR count). The van der Waals surface area contributed by atoms with Crippen molar-refractivity contribution in [3.63, 3.8) is 0 Å². The molecule has 1 fully saturated rings. The van der Waals surface area contributed by atoms with E-state index in [1.807, 2.05) is 19.1 Å². The third-order valence-corrected chi connectivity index (χ3v) is 5.86. The molecule has 0 saturated carbocycles. The van der Waals surface area contributed by atoms with Gasteiger partial charge in [-0.05, 0) is 31.5 Å². The number of nitrogens with two attached hydrogens (primary N) is 1. The fraction of sp³-hybridized carbons (Fsp3) is 0.333. The second-order valence-corrected chi connectivity index (χ2v) is 7.91. The zero-order chi connectivity index (χ0) is 17.3. The summed E-state index contributed by atoms with van der Waals surface area (Å²) >= 11 is 5.85. The molecule has 128 valence electrons. The van der Waals surface area contributed by atoms with E-state index in [1.54, 1.807) is 6.20 Å². The third kappa shape index (κ3) is 3.45. The van der Waals surface area contributed by atoms with Gasteiger partial charge in [0.05, 0.1) is 17.8 Å². The van der Waals surface area contributed by atoms with Crippen molar-refractivity contribution in [2.24, 2.45) is 0 Å². The molecular formula is C15H17ClN4O3S. The number of pyridine rings is 2. The second-order valence-electron chi connectivity index (χ2n) is 5.56. The van der Waals surface area contributed by atoms with Gasteiger partial charge >= 0.3 is 0 Å². The van der Waals surface area contributed by atoms with Crippen LogP contribution < -0.4 is 10.5 Å². The molecule has 0 radical (unpaired) electrons. The lowest BCUT2D eigenvalue weighted by atomic mass is 10.3. The summed E-state index contributed by atoms with van der Waals surface area (Å²) in [6, 6.07) is 4.98. The van der Waals surface area contributed by atoms with Crippen molar-refractivity contribution >= 4 is 27.4 Å². The highest BCUT2D eigenvalue weighted by molar-refractivity contribution is 7.89. The van der Waals surface area contributed by atoms with Crippen LogP contribution in [0.2, 0.25) is 5.02 Å². The van der Waals surface area contributed by atoms with Crippen molar-refractivity contribution in [2.45, 2.75) is 24.3 Å². The van der Waals surface area contributed by atoms with E-state index in [1.165, 1.54) is 16.6 Å². The predicted octanol–water partition coefficient (Wildman–Crippen LogP) is 1.86. The Labute approximate surface area is 145 Å². The van der Waals surface area contributed by atoms with Crippen molar-refractivity contribution in [2.75, 3.05) is 18.8 Å². The average Bonchev–Trinajstić information content (AvgIpc) is 3.01. The minimum atomic E-state index is -3.76. The maximum atomic E-state index is 12.7. The van der Waals surface area contributed by atoms with Gasteiger partial charge in [0.25, 0.3) is 0 Å². The Morgan fingerprint density at radius 2 is 2.12 bits per heavy atom. The third-order valence-electron chi connectivity index (χ3n) is 3.76. The van der Waals surface area contributed by atoms with Gasteiger partial charge in [0.15, 0.2) is 0 Å². The first-order valence-electron chi connectivity index (χ1n) is 7.37. The number of hydrogen-bond donors (Lipinski definition) is 1. The first-order chi connectivity index (χ1) is 11.4. The lowest BCUT2D eigenvalue weighted by Gasteiger charge is -2.18. The molecule has 0 amide bonds. The van der Waals surface area contributed by atoms with Crippen LogP contribution in [-0.4, -0.2) is 41.9 Å². The number of hydrogen-bond acceptors (Lipinski definition) is 6. The number of nitrogen functional groups attached to an aromatic ring is 1. The van der Waals surface area contributed by atoms with Gasteiger partial charge in [-0.25, -0.2) is 13.4 Å². The molecule has 3 heterocycles. The molecule has 0 bridgehead atoms. The highest BCUT2D eigenvalue weighted by atomic mass is 35.5. The molecular weight excluding hydrogens is 352 g/mol. The quantitative estimate of drug-likeness (QED) is 0.884. The van der Waals surface area contributed by atoms with Crippen LogP contribution in [-0.2, 0) is 10.0 Å². The summed E-state index contributed by atoms with van der Waals surface area (Å²) in [4.78, 5) is 7.90. The Bertz CT molecular complexity index is 842. The summed E-state index contributed by atoms with van der Waals surface area (Å²) in [7, 11) is -3.76. The van der Waals surface area contributed by atoms with Crippen LogP contribution in [0.15, 0.2) is 35.5 Å². The predicted molar refractivity (Wildman–Crippen MR) is 90.4 cm³/mol. The van der Waals surface area contributed by atoms with E-state index in [4.69, 9.17) is 22.1 Å². The summed E-state index contributed by atoms with van der Waals surface area (Å²) in [5, 5.41) is 0.223. The van der Waals surface area contributed by atoms with E-state index in [0.29, 0.717) is 18.7 Å². The van der Waals surface area contributed by atoms with Crippen LogP contribution in [0.5, 0.6) is 5.75 Å². The summed E-state index contributed by atoms with van der Waals surface area (Å²) in [5.41, 5.74) is 6.59. The van der Waals surface area contributed by atoms with Crippen molar-refractivity contribution in [1.82, 2.24) is 14.3 Å². The van der Waals surface area contributed by atoms with E-state index in [2.05, 4.69) is 9.97 Å². The first kappa shape index (κ1) is 16.9. The summed E-state index contributed by atoms with van der Waals surface area (Å²) < 4.78 is 32.6. The van der Waals surface area contributed by atoms with Gasteiger partial charge in [0.1, 0.15) is 22.6 Å². The molecule has 0 spiro atoms. The molecule has 2 N–H and O–H groups in total. The number of sulfonamides is 1. The number of anilines is 1. The summed E-state index contributed by atoms with van der Waals surface area (Å²) in [5.74, 6) is 0.556. The van der Waals surface area contributed by atoms with E-state index in [0.717, 1.165) is 5.69 Å². The molecule has 9 heteroatoms. The zero-order valence-electron chi connectivity index (χ0n) is 13.0. The monoisotopic (exact) mass is 368 g/mol. The van der Waals surface area contributed by atoms with Gasteiger partial charge in [-0.1, -0.05) is 11.6 Å². The van der Waals surface area contributed by atoms with Gasteiger partial charge < -0.3 is 10.5 Å². The minimum absolute atomic E-state index is 0.0634. The topological polar surface area (TPSA) is 98.4 Å². The largest absolute Gasteiger partial charge is 0.487 e. The van der Waals surface area contributed by atoms with Gasteiger partial charge in [-0.15, -0.1) is 0 Å². The number of aryl methyl sites for hydroxylation is 1. The zero-order valence-corrected chi connectivity index (χ0v) is 14.6. The molecule has 1 unspecified atom stereocenters. The molecule has 0 aliphatic carbocycles. The Hall–Kier alpha value is -1.90. The molecule has 0 aromatic carbocycles. The fourth-order valence-electron chi connectivity index (χ4n) is 2.51. The summed E-state index contributed by atoms with van der Waals surface area (Å²) in [6.07, 6.45) is 3.29. The van der Waals surface area contributed by atoms with Crippen LogP contribution in [0.25, 0.3) is 0 Å². The molecule has 7 nitrogen and oxygen atoms in total. The van der Waals surface area contributed by atoms with E-state index in [9.17, 15) is 8.42 Å². The Morgan fingerprint density at radius 3 is 2.83 bits per heavy atom. The van der Waals surface area contributed by atoms with Crippen LogP contribution in [0.3, 0.4) is 0 Å². The minimum Gasteiger partial charge on any atom is -0.487 e. The standard InChI is InChI=1S/C15H17ClN4O3S/c1-10-2-3-12(8-18-10)23-13-4-5-20(9-13)24(21,22)14-6-11(16)7-19-15(14)17/h2-3,6-8,13H,4-5,9H2,1H3,(H2,17,19). The normalized spacial score (nSPS) is 18.7. The van der Waals surface area contributed by atoms with Crippen molar-refractivity contribution in [3.05, 3.63) is 41.3 Å². The second kappa shape index (κ2) is 6.54. The van der Waals surface area contributed by atoms with E-state index < -0.39 is 10.0 Å². The van der Waals surface area contributed by atoms with E-state index in [-0.39, 0.29) is 28.4 Å². The number of halogens is 1. The highest BCUT2D eigenvalue weighted by Gasteiger charge is 2.35. The Morgan fingerprint density at radius 1 is 1.33 bits per heavy atom. The maximum absolute atomic E-state index is 12.7. The maximum Gasteiger partial charge on any atom is 0.246 e. The van der Waals surface area contributed by atoms with Gasteiger partial charge in [-0.3, -0.25) is 4.98 Å². The Balaban J connectivity index is 1.74. The van der Waals surface area contributed by atoms with E-state index >= 15 is 0 Å². The van der Waals surface area contributed by atoms with Gasteiger partial charge in [0, 0.05) is 18.4 Å². The molecule has 24 heavy (non-hydrogen) atoms.